The first kappa shape index (κ1) is 15.2. The summed E-state index contributed by atoms with van der Waals surface area (Å²) in [6, 6.07) is 12.9. The third kappa shape index (κ3) is 3.74. The molecule has 5 heteroatoms. The van der Waals surface area contributed by atoms with E-state index in [1.807, 2.05) is 17.0 Å². The molecule has 23 heavy (non-hydrogen) atoms. The van der Waals surface area contributed by atoms with E-state index in [1.54, 1.807) is 24.3 Å². The first-order valence-corrected chi connectivity index (χ1v) is 7.55. The van der Waals surface area contributed by atoms with Gasteiger partial charge < -0.3 is 10.2 Å². The van der Waals surface area contributed by atoms with Crippen molar-refractivity contribution >= 4 is 17.5 Å². The second-order valence-corrected chi connectivity index (χ2v) is 5.58. The average Bonchev–Trinajstić information content (AvgIpc) is 2.93. The van der Waals surface area contributed by atoms with Crippen LogP contribution >= 0.6 is 0 Å². The van der Waals surface area contributed by atoms with Gasteiger partial charge in [0.15, 0.2) is 0 Å². The first-order valence-electron chi connectivity index (χ1n) is 7.55. The summed E-state index contributed by atoms with van der Waals surface area (Å²) in [4.78, 5) is 25.6. The molecule has 2 amide bonds. The maximum Gasteiger partial charge on any atom is 0.255 e. The molecule has 0 aliphatic carbocycles. The molecule has 1 saturated heterocycles. The summed E-state index contributed by atoms with van der Waals surface area (Å²) in [5, 5.41) is 2.66. The number of carbonyl (C=O) groups excluding carboxylic acids is 2. The molecule has 0 unspecified atom stereocenters. The number of amides is 2. The molecule has 3 rings (SSSR count). The zero-order valence-corrected chi connectivity index (χ0v) is 12.6. The molecule has 4 nitrogen and oxygen atoms in total. The van der Waals surface area contributed by atoms with Crippen molar-refractivity contribution in [3.8, 4) is 0 Å². The largest absolute Gasteiger partial charge is 0.338 e. The summed E-state index contributed by atoms with van der Waals surface area (Å²) < 4.78 is 13.1. The second-order valence-electron chi connectivity index (χ2n) is 5.58. The van der Waals surface area contributed by atoms with Crippen LogP contribution in [0, 0.1) is 5.82 Å². The number of hydrogen-bond donors (Lipinski definition) is 1. The quantitative estimate of drug-likeness (QED) is 0.942. The molecular formula is C18H17FN2O2. The number of nitrogens with one attached hydrogen (secondary N) is 1. The molecule has 118 valence electrons. The van der Waals surface area contributed by atoms with Crippen molar-refractivity contribution in [1.29, 1.82) is 0 Å². The van der Waals surface area contributed by atoms with Crippen LogP contribution in [0.3, 0.4) is 0 Å². The van der Waals surface area contributed by atoms with Crippen molar-refractivity contribution in [2.75, 3.05) is 11.9 Å². The molecule has 1 aliphatic rings. The SMILES string of the molecule is O=C(Nc1cccc(F)c1)c1ccc(CN2CCCC2=O)cc1. The molecule has 0 bridgehead atoms. The van der Waals surface area contributed by atoms with Gasteiger partial charge in [-0.25, -0.2) is 4.39 Å². The fourth-order valence-electron chi connectivity index (χ4n) is 2.62. The minimum Gasteiger partial charge on any atom is -0.338 e. The van der Waals surface area contributed by atoms with Gasteiger partial charge in [0.1, 0.15) is 5.82 Å². The highest BCUT2D eigenvalue weighted by Crippen LogP contribution is 2.16. The van der Waals surface area contributed by atoms with E-state index in [9.17, 15) is 14.0 Å². The van der Waals surface area contributed by atoms with Crippen LogP contribution in [0.4, 0.5) is 10.1 Å². The van der Waals surface area contributed by atoms with Crippen LogP contribution in [0.5, 0.6) is 0 Å². The second kappa shape index (κ2) is 6.60. The monoisotopic (exact) mass is 312 g/mol. The number of likely N-dealkylation sites (tertiary alicyclic amines) is 1. The maximum absolute atomic E-state index is 13.1. The molecule has 0 aromatic heterocycles. The first-order chi connectivity index (χ1) is 11.1. The summed E-state index contributed by atoms with van der Waals surface area (Å²) in [5.74, 6) is -0.509. The number of hydrogen-bond acceptors (Lipinski definition) is 2. The fourth-order valence-corrected chi connectivity index (χ4v) is 2.62. The Kier molecular flexibility index (Phi) is 4.37. The summed E-state index contributed by atoms with van der Waals surface area (Å²) in [6.07, 6.45) is 1.53. The smallest absolute Gasteiger partial charge is 0.255 e. The minimum atomic E-state index is -0.395. The Morgan fingerprint density at radius 1 is 1.17 bits per heavy atom. The average molecular weight is 312 g/mol. The van der Waals surface area contributed by atoms with E-state index in [0.29, 0.717) is 24.2 Å². The van der Waals surface area contributed by atoms with E-state index in [0.717, 1.165) is 18.5 Å². The molecule has 0 saturated carbocycles. The Morgan fingerprint density at radius 3 is 2.61 bits per heavy atom. The van der Waals surface area contributed by atoms with Crippen LogP contribution in [-0.4, -0.2) is 23.3 Å². The molecule has 2 aromatic rings. The molecule has 0 spiro atoms. The molecule has 0 atom stereocenters. The molecule has 0 radical (unpaired) electrons. The maximum atomic E-state index is 13.1. The Bertz CT molecular complexity index is 728. The van der Waals surface area contributed by atoms with Gasteiger partial charge in [-0.15, -0.1) is 0 Å². The van der Waals surface area contributed by atoms with Gasteiger partial charge in [0.05, 0.1) is 0 Å². The van der Waals surface area contributed by atoms with Crippen molar-refractivity contribution in [3.05, 3.63) is 65.5 Å². The number of nitrogens with zero attached hydrogens (tertiary/aromatic N) is 1. The van der Waals surface area contributed by atoms with Gasteiger partial charge in [-0.1, -0.05) is 18.2 Å². The Balaban J connectivity index is 1.64. The van der Waals surface area contributed by atoms with Gasteiger partial charge in [-0.2, -0.15) is 0 Å². The highest BCUT2D eigenvalue weighted by Gasteiger charge is 2.19. The topological polar surface area (TPSA) is 49.4 Å². The Hall–Kier alpha value is -2.69. The minimum absolute atomic E-state index is 0.179. The van der Waals surface area contributed by atoms with Crippen molar-refractivity contribution in [2.45, 2.75) is 19.4 Å². The number of halogens is 1. The molecule has 1 fully saturated rings. The molecule has 1 N–H and O–H groups in total. The summed E-state index contributed by atoms with van der Waals surface area (Å²) in [7, 11) is 0. The number of benzene rings is 2. The van der Waals surface area contributed by atoms with E-state index < -0.39 is 5.82 Å². The molecular weight excluding hydrogens is 295 g/mol. The lowest BCUT2D eigenvalue weighted by atomic mass is 10.1. The van der Waals surface area contributed by atoms with Crippen LogP contribution in [0.1, 0.15) is 28.8 Å². The van der Waals surface area contributed by atoms with E-state index in [-0.39, 0.29) is 11.8 Å². The zero-order chi connectivity index (χ0) is 16.2. The van der Waals surface area contributed by atoms with Gasteiger partial charge in [0.25, 0.3) is 5.91 Å². The van der Waals surface area contributed by atoms with Crippen LogP contribution in [0.15, 0.2) is 48.5 Å². The Morgan fingerprint density at radius 2 is 1.96 bits per heavy atom. The highest BCUT2D eigenvalue weighted by molar-refractivity contribution is 6.04. The van der Waals surface area contributed by atoms with Crippen molar-refractivity contribution in [3.63, 3.8) is 0 Å². The summed E-state index contributed by atoms with van der Waals surface area (Å²) in [6.45, 7) is 1.37. The van der Waals surface area contributed by atoms with Gasteiger partial charge in [0, 0.05) is 30.8 Å². The van der Waals surface area contributed by atoms with Crippen LogP contribution in [-0.2, 0) is 11.3 Å². The van der Waals surface area contributed by atoms with Crippen molar-refractivity contribution in [2.24, 2.45) is 0 Å². The predicted octanol–water partition coefficient (Wildman–Crippen LogP) is 3.20. The normalized spacial score (nSPS) is 14.1. The van der Waals surface area contributed by atoms with Gasteiger partial charge >= 0.3 is 0 Å². The van der Waals surface area contributed by atoms with Crippen LogP contribution in [0.2, 0.25) is 0 Å². The van der Waals surface area contributed by atoms with Crippen molar-refractivity contribution in [1.82, 2.24) is 4.90 Å². The molecule has 2 aromatic carbocycles. The van der Waals surface area contributed by atoms with Gasteiger partial charge in [-0.05, 0) is 42.3 Å². The number of rotatable bonds is 4. The van der Waals surface area contributed by atoms with Gasteiger partial charge in [0.2, 0.25) is 5.91 Å². The summed E-state index contributed by atoms with van der Waals surface area (Å²) in [5.41, 5.74) is 1.90. The van der Waals surface area contributed by atoms with E-state index in [1.165, 1.54) is 12.1 Å². The van der Waals surface area contributed by atoms with E-state index in [2.05, 4.69) is 5.32 Å². The third-order valence-electron chi connectivity index (χ3n) is 3.84. The zero-order valence-electron chi connectivity index (χ0n) is 12.6. The summed E-state index contributed by atoms with van der Waals surface area (Å²) >= 11 is 0. The lowest BCUT2D eigenvalue weighted by molar-refractivity contribution is -0.128. The Labute approximate surface area is 133 Å². The number of carbonyl (C=O) groups is 2. The highest BCUT2D eigenvalue weighted by atomic mass is 19.1. The van der Waals surface area contributed by atoms with E-state index in [4.69, 9.17) is 0 Å². The lowest BCUT2D eigenvalue weighted by Crippen LogP contribution is -2.23. The van der Waals surface area contributed by atoms with Crippen LogP contribution < -0.4 is 5.32 Å². The van der Waals surface area contributed by atoms with E-state index >= 15 is 0 Å². The fraction of sp³-hybridized carbons (Fsp3) is 0.222. The molecule has 1 aliphatic heterocycles. The lowest BCUT2D eigenvalue weighted by Gasteiger charge is -2.15. The van der Waals surface area contributed by atoms with Gasteiger partial charge in [-0.3, -0.25) is 9.59 Å². The van der Waals surface area contributed by atoms with Crippen LogP contribution in [0.25, 0.3) is 0 Å². The molecule has 1 heterocycles. The standard InChI is InChI=1S/C18H17FN2O2/c19-15-3-1-4-16(11-15)20-18(23)14-8-6-13(7-9-14)12-21-10-2-5-17(21)22/h1,3-4,6-9,11H,2,5,10,12H2,(H,20,23). The third-order valence-corrected chi connectivity index (χ3v) is 3.84. The van der Waals surface area contributed by atoms with Crippen molar-refractivity contribution < 1.29 is 14.0 Å². The number of anilines is 1. The predicted molar refractivity (Wildman–Crippen MR) is 85.4 cm³/mol.